The van der Waals surface area contributed by atoms with Crippen LogP contribution in [0.25, 0.3) is 10.2 Å². The number of thiophene rings is 1. The van der Waals surface area contributed by atoms with Crippen molar-refractivity contribution in [1.82, 2.24) is 9.55 Å². The lowest BCUT2D eigenvalue weighted by atomic mass is 10.2. The second-order valence-electron chi connectivity index (χ2n) is 5.25. The highest BCUT2D eigenvalue weighted by Crippen LogP contribution is 2.29. The van der Waals surface area contributed by atoms with Gasteiger partial charge >= 0.3 is 0 Å². The molecule has 0 unspecified atom stereocenters. The Morgan fingerprint density at radius 1 is 1.24 bits per heavy atom. The molecule has 2 aromatic heterocycles. The van der Waals surface area contributed by atoms with Gasteiger partial charge in [0.05, 0.1) is 25.9 Å². The number of rotatable bonds is 6. The fourth-order valence-electron chi connectivity index (χ4n) is 2.41. The van der Waals surface area contributed by atoms with E-state index in [0.717, 1.165) is 0 Å². The molecule has 2 heterocycles. The van der Waals surface area contributed by atoms with Crippen molar-refractivity contribution in [3.05, 3.63) is 46.3 Å². The fraction of sp³-hybridized carbons (Fsp3) is 0.235. The minimum atomic E-state index is -0.204. The number of anilines is 1. The molecular weight excluding hydrogens is 342 g/mol. The first-order valence-corrected chi connectivity index (χ1v) is 8.45. The van der Waals surface area contributed by atoms with E-state index in [0.29, 0.717) is 27.4 Å². The quantitative estimate of drug-likeness (QED) is 0.731. The average molecular weight is 359 g/mol. The molecule has 0 bridgehead atoms. The van der Waals surface area contributed by atoms with Crippen molar-refractivity contribution in [2.75, 3.05) is 19.5 Å². The molecule has 1 N–H and O–H groups in total. The molecule has 0 aliphatic rings. The van der Waals surface area contributed by atoms with Crippen LogP contribution in [0.4, 0.5) is 5.69 Å². The van der Waals surface area contributed by atoms with Gasteiger partial charge in [-0.25, -0.2) is 4.98 Å². The number of ether oxygens (including phenoxy) is 2. The topological polar surface area (TPSA) is 82.5 Å². The van der Waals surface area contributed by atoms with Gasteiger partial charge in [0.1, 0.15) is 4.83 Å². The lowest BCUT2D eigenvalue weighted by Gasteiger charge is -2.11. The Morgan fingerprint density at radius 3 is 2.80 bits per heavy atom. The summed E-state index contributed by atoms with van der Waals surface area (Å²) in [6.07, 6.45) is 1.64. The number of aromatic nitrogens is 2. The van der Waals surface area contributed by atoms with Gasteiger partial charge in [-0.2, -0.15) is 0 Å². The van der Waals surface area contributed by atoms with Crippen LogP contribution in [-0.2, 0) is 11.3 Å². The van der Waals surface area contributed by atoms with Crippen molar-refractivity contribution in [2.24, 2.45) is 0 Å². The minimum absolute atomic E-state index is 0.134. The molecule has 1 amide bonds. The SMILES string of the molecule is COc1ccc(NC(=O)CCn2cnc3sccc3c2=O)cc1OC. The molecule has 0 aliphatic heterocycles. The molecule has 25 heavy (non-hydrogen) atoms. The van der Waals surface area contributed by atoms with Gasteiger partial charge in [0, 0.05) is 24.7 Å². The number of hydrogen-bond donors (Lipinski definition) is 1. The largest absolute Gasteiger partial charge is 0.493 e. The smallest absolute Gasteiger partial charge is 0.262 e. The van der Waals surface area contributed by atoms with E-state index in [1.54, 1.807) is 31.4 Å². The average Bonchev–Trinajstić information content (AvgIpc) is 3.10. The third-order valence-electron chi connectivity index (χ3n) is 3.70. The van der Waals surface area contributed by atoms with E-state index < -0.39 is 0 Å². The number of benzene rings is 1. The van der Waals surface area contributed by atoms with Crippen molar-refractivity contribution in [2.45, 2.75) is 13.0 Å². The first kappa shape index (κ1) is 17.0. The Kier molecular flexibility index (Phi) is 4.99. The summed E-state index contributed by atoms with van der Waals surface area (Å²) >= 11 is 1.42. The summed E-state index contributed by atoms with van der Waals surface area (Å²) in [7, 11) is 3.08. The van der Waals surface area contributed by atoms with E-state index in [9.17, 15) is 9.59 Å². The first-order valence-electron chi connectivity index (χ1n) is 7.57. The number of carbonyl (C=O) groups is 1. The van der Waals surface area contributed by atoms with Crippen molar-refractivity contribution in [1.29, 1.82) is 0 Å². The van der Waals surface area contributed by atoms with Crippen LogP contribution < -0.4 is 20.3 Å². The normalized spacial score (nSPS) is 10.6. The van der Waals surface area contributed by atoms with Crippen molar-refractivity contribution < 1.29 is 14.3 Å². The second-order valence-corrected chi connectivity index (χ2v) is 6.15. The van der Waals surface area contributed by atoms with Gasteiger partial charge in [-0.1, -0.05) is 0 Å². The minimum Gasteiger partial charge on any atom is -0.493 e. The van der Waals surface area contributed by atoms with Crippen LogP contribution in [0.1, 0.15) is 6.42 Å². The van der Waals surface area contributed by atoms with Crippen LogP contribution in [0.3, 0.4) is 0 Å². The molecule has 0 radical (unpaired) electrons. The predicted molar refractivity (Wildman–Crippen MR) is 96.7 cm³/mol. The molecule has 7 nitrogen and oxygen atoms in total. The molecule has 0 atom stereocenters. The molecule has 0 saturated heterocycles. The van der Waals surface area contributed by atoms with Crippen LogP contribution in [-0.4, -0.2) is 29.7 Å². The molecule has 8 heteroatoms. The van der Waals surface area contributed by atoms with E-state index in [1.165, 1.54) is 29.3 Å². The lowest BCUT2D eigenvalue weighted by Crippen LogP contribution is -2.23. The molecule has 130 valence electrons. The number of aryl methyl sites for hydroxylation is 1. The monoisotopic (exact) mass is 359 g/mol. The van der Waals surface area contributed by atoms with Gasteiger partial charge in [0.15, 0.2) is 11.5 Å². The Balaban J connectivity index is 1.66. The Morgan fingerprint density at radius 2 is 2.04 bits per heavy atom. The van der Waals surface area contributed by atoms with Gasteiger partial charge in [-0.3, -0.25) is 14.2 Å². The summed E-state index contributed by atoms with van der Waals surface area (Å²) in [5.74, 6) is 0.912. The standard InChI is InChI=1S/C17H17N3O4S/c1-23-13-4-3-11(9-14(13)24-2)19-15(21)5-7-20-10-18-16-12(17(20)22)6-8-25-16/h3-4,6,8-10H,5,7H2,1-2H3,(H,19,21). The summed E-state index contributed by atoms with van der Waals surface area (Å²) in [6, 6.07) is 6.87. The summed E-state index contributed by atoms with van der Waals surface area (Å²) in [5.41, 5.74) is 0.464. The molecule has 0 spiro atoms. The third-order valence-corrected chi connectivity index (χ3v) is 4.52. The molecular formula is C17H17N3O4S. The highest BCUT2D eigenvalue weighted by atomic mass is 32.1. The number of carbonyl (C=O) groups excluding carboxylic acids is 1. The van der Waals surface area contributed by atoms with Crippen LogP contribution in [0, 0.1) is 0 Å². The van der Waals surface area contributed by atoms with E-state index in [2.05, 4.69) is 10.3 Å². The van der Waals surface area contributed by atoms with Crippen LogP contribution in [0.5, 0.6) is 11.5 Å². The van der Waals surface area contributed by atoms with Crippen LogP contribution in [0.2, 0.25) is 0 Å². The van der Waals surface area contributed by atoms with Crippen LogP contribution >= 0.6 is 11.3 Å². The van der Waals surface area contributed by atoms with E-state index >= 15 is 0 Å². The van der Waals surface area contributed by atoms with Crippen molar-refractivity contribution in [3.63, 3.8) is 0 Å². The first-order chi connectivity index (χ1) is 12.1. The number of hydrogen-bond acceptors (Lipinski definition) is 6. The van der Waals surface area contributed by atoms with E-state index in [4.69, 9.17) is 9.47 Å². The highest BCUT2D eigenvalue weighted by molar-refractivity contribution is 7.16. The molecule has 1 aromatic carbocycles. The van der Waals surface area contributed by atoms with Gasteiger partial charge in [-0.15, -0.1) is 11.3 Å². The van der Waals surface area contributed by atoms with Gasteiger partial charge in [0.25, 0.3) is 5.56 Å². The Labute approximate surface area is 147 Å². The Hall–Kier alpha value is -2.87. The molecule has 0 fully saturated rings. The molecule has 0 saturated carbocycles. The summed E-state index contributed by atoms with van der Waals surface area (Å²) in [5, 5.41) is 5.18. The zero-order valence-corrected chi connectivity index (χ0v) is 14.6. The van der Waals surface area contributed by atoms with Crippen LogP contribution in [0.15, 0.2) is 40.8 Å². The van der Waals surface area contributed by atoms with E-state index in [1.807, 2.05) is 5.38 Å². The lowest BCUT2D eigenvalue weighted by molar-refractivity contribution is -0.116. The Bertz CT molecular complexity index is 964. The molecule has 0 aliphatic carbocycles. The van der Waals surface area contributed by atoms with Crippen molar-refractivity contribution >= 4 is 33.1 Å². The maximum Gasteiger partial charge on any atom is 0.262 e. The fourth-order valence-corrected chi connectivity index (χ4v) is 3.14. The second kappa shape index (κ2) is 7.35. The van der Waals surface area contributed by atoms with Gasteiger partial charge in [0.2, 0.25) is 5.91 Å². The van der Waals surface area contributed by atoms with Gasteiger partial charge in [-0.05, 0) is 23.6 Å². The predicted octanol–water partition coefficient (Wildman–Crippen LogP) is 2.50. The third kappa shape index (κ3) is 3.63. The number of amides is 1. The summed E-state index contributed by atoms with van der Waals surface area (Å²) in [6.45, 7) is 0.261. The number of methoxy groups -OCH3 is 2. The molecule has 3 aromatic rings. The number of nitrogens with zero attached hydrogens (tertiary/aromatic N) is 2. The summed E-state index contributed by atoms with van der Waals surface area (Å²) in [4.78, 5) is 29.4. The maximum atomic E-state index is 12.3. The highest BCUT2D eigenvalue weighted by Gasteiger charge is 2.09. The van der Waals surface area contributed by atoms with Gasteiger partial charge < -0.3 is 14.8 Å². The molecule has 3 rings (SSSR count). The zero-order chi connectivity index (χ0) is 17.8. The summed E-state index contributed by atoms with van der Waals surface area (Å²) < 4.78 is 11.8. The maximum absolute atomic E-state index is 12.3. The number of nitrogens with one attached hydrogen (secondary N) is 1. The zero-order valence-electron chi connectivity index (χ0n) is 13.8. The van der Waals surface area contributed by atoms with E-state index in [-0.39, 0.29) is 24.4 Å². The number of fused-ring (bicyclic) bond motifs is 1. The van der Waals surface area contributed by atoms with Crippen molar-refractivity contribution in [3.8, 4) is 11.5 Å².